The Morgan fingerprint density at radius 3 is 2.52 bits per heavy atom. The molecule has 0 aliphatic heterocycles. The van der Waals surface area contributed by atoms with Gasteiger partial charge in [0.15, 0.2) is 0 Å². The summed E-state index contributed by atoms with van der Waals surface area (Å²) in [7, 11) is 0. The van der Waals surface area contributed by atoms with E-state index < -0.39 is 6.10 Å². The van der Waals surface area contributed by atoms with Crippen molar-refractivity contribution in [3.63, 3.8) is 0 Å². The van der Waals surface area contributed by atoms with Gasteiger partial charge in [0.2, 0.25) is 0 Å². The lowest BCUT2D eigenvalue weighted by Gasteiger charge is -2.26. The van der Waals surface area contributed by atoms with Crippen molar-refractivity contribution in [2.45, 2.75) is 58.6 Å². The minimum absolute atomic E-state index is 0.303. The van der Waals surface area contributed by atoms with Crippen molar-refractivity contribution in [2.24, 2.45) is 5.92 Å². The lowest BCUT2D eigenvalue weighted by Crippen LogP contribution is -2.31. The molecule has 27 heavy (non-hydrogen) atoms. The van der Waals surface area contributed by atoms with Gasteiger partial charge in [-0.3, -0.25) is 0 Å². The minimum atomic E-state index is -0.675. The van der Waals surface area contributed by atoms with Gasteiger partial charge in [-0.2, -0.15) is 15.0 Å². The number of aromatic nitrogens is 3. The van der Waals surface area contributed by atoms with E-state index in [0.29, 0.717) is 12.5 Å². The Morgan fingerprint density at radius 1 is 1.19 bits per heavy atom. The Morgan fingerprint density at radius 2 is 1.89 bits per heavy atom. The highest BCUT2D eigenvalue weighted by molar-refractivity contribution is 5.73. The molecule has 0 spiro atoms. The highest BCUT2D eigenvalue weighted by Crippen LogP contribution is 2.28. The molecule has 2 aromatic rings. The first-order chi connectivity index (χ1) is 13.1. The summed E-state index contributed by atoms with van der Waals surface area (Å²) in [5, 5.41) is 20.0. The van der Waals surface area contributed by atoms with E-state index in [4.69, 9.17) is 4.74 Å². The maximum absolute atomic E-state index is 10.9. The molecule has 1 aromatic heterocycles. The van der Waals surface area contributed by atoms with Crippen molar-refractivity contribution < 1.29 is 9.84 Å². The van der Waals surface area contributed by atoms with E-state index in [1.165, 1.54) is 19.3 Å². The molecule has 146 valence electrons. The molecule has 1 N–H and O–H groups in total. The first-order valence-corrected chi connectivity index (χ1v) is 10.1. The summed E-state index contributed by atoms with van der Waals surface area (Å²) in [6.45, 7) is 7.68. The molecule has 3 unspecified atom stereocenters. The molecular weight excluding hydrogens is 338 g/mol. The van der Waals surface area contributed by atoms with Gasteiger partial charge < -0.3 is 9.84 Å². The Kier molecular flexibility index (Phi) is 6.80. The fourth-order valence-electron chi connectivity index (χ4n) is 3.58. The number of aliphatic hydroxyl groups excluding tert-OH is 1. The fraction of sp³-hybridized carbons (Fsp3) is 0.545. The molecule has 3 rings (SSSR count). The van der Waals surface area contributed by atoms with Gasteiger partial charge >= 0.3 is 0 Å². The fourth-order valence-corrected chi connectivity index (χ4v) is 3.58. The number of hydrogen-bond donors (Lipinski definition) is 1. The smallest absolute Gasteiger partial charge is 0.120 e. The Bertz CT molecular complexity index is 776. The van der Waals surface area contributed by atoms with Crippen LogP contribution in [0.25, 0.3) is 11.0 Å². The third kappa shape index (κ3) is 4.85. The number of nitrogens with zero attached hydrogens (tertiary/aromatic N) is 3. The normalized spacial score (nSPS) is 21.2. The number of hydrogen-bond acceptors (Lipinski definition) is 4. The van der Waals surface area contributed by atoms with Crippen LogP contribution in [0.15, 0.2) is 47.6 Å². The van der Waals surface area contributed by atoms with E-state index in [-0.39, 0.29) is 6.04 Å². The van der Waals surface area contributed by atoms with Crippen LogP contribution in [0.3, 0.4) is 0 Å². The van der Waals surface area contributed by atoms with E-state index in [1.807, 2.05) is 43.3 Å². The second-order valence-electron chi connectivity index (χ2n) is 7.51. The van der Waals surface area contributed by atoms with E-state index in [9.17, 15) is 5.11 Å². The summed E-state index contributed by atoms with van der Waals surface area (Å²) >= 11 is 0. The average Bonchev–Trinajstić information content (AvgIpc) is 3.10. The van der Waals surface area contributed by atoms with Gasteiger partial charge in [-0.05, 0) is 37.0 Å². The summed E-state index contributed by atoms with van der Waals surface area (Å²) < 4.78 is 5.98. The van der Waals surface area contributed by atoms with Crippen LogP contribution < -0.4 is 0 Å². The molecule has 0 fully saturated rings. The van der Waals surface area contributed by atoms with E-state index in [1.54, 1.807) is 4.80 Å². The third-order valence-electron chi connectivity index (χ3n) is 5.28. The monoisotopic (exact) mass is 369 g/mol. The number of ether oxygens (including phenoxy) is 1. The number of aliphatic hydroxyl groups is 1. The molecule has 1 aromatic carbocycles. The van der Waals surface area contributed by atoms with Crippen LogP contribution in [0.1, 0.15) is 52.5 Å². The van der Waals surface area contributed by atoms with E-state index in [2.05, 4.69) is 24.0 Å². The minimum Gasteiger partial charge on any atom is -0.386 e. The van der Waals surface area contributed by atoms with Gasteiger partial charge in [0, 0.05) is 6.61 Å². The second kappa shape index (κ2) is 9.29. The molecule has 3 atom stereocenters. The van der Waals surface area contributed by atoms with Crippen molar-refractivity contribution in [3.05, 3.63) is 47.6 Å². The van der Waals surface area contributed by atoms with Gasteiger partial charge in [0.25, 0.3) is 0 Å². The molecule has 1 aliphatic carbocycles. The highest BCUT2D eigenvalue weighted by atomic mass is 16.5. The molecule has 0 radical (unpaired) electrons. The first-order valence-electron chi connectivity index (χ1n) is 10.1. The molecule has 0 saturated heterocycles. The van der Waals surface area contributed by atoms with Crippen LogP contribution >= 0.6 is 0 Å². The predicted octanol–water partition coefficient (Wildman–Crippen LogP) is 4.45. The van der Waals surface area contributed by atoms with Crippen LogP contribution in [0.4, 0.5) is 0 Å². The Labute approximate surface area is 161 Å². The van der Waals surface area contributed by atoms with Crippen molar-refractivity contribution >= 4 is 11.0 Å². The quantitative estimate of drug-likeness (QED) is 0.709. The SMILES string of the molecule is CCCCC(CC)COCC1=CC(C)=CC(n2nc3ccccc3n2)C1O. The Hall–Kier alpha value is -1.98. The van der Waals surface area contributed by atoms with Gasteiger partial charge in [-0.1, -0.05) is 63.0 Å². The zero-order valence-electron chi connectivity index (χ0n) is 16.6. The summed E-state index contributed by atoms with van der Waals surface area (Å²) in [6, 6.07) is 7.46. The van der Waals surface area contributed by atoms with Crippen LogP contribution in [0, 0.1) is 5.92 Å². The van der Waals surface area contributed by atoms with Crippen molar-refractivity contribution in [1.82, 2.24) is 15.0 Å². The topological polar surface area (TPSA) is 60.2 Å². The van der Waals surface area contributed by atoms with Crippen molar-refractivity contribution in [1.29, 1.82) is 0 Å². The van der Waals surface area contributed by atoms with Gasteiger partial charge in [0.05, 0.1) is 6.61 Å². The van der Waals surface area contributed by atoms with E-state index >= 15 is 0 Å². The third-order valence-corrected chi connectivity index (χ3v) is 5.28. The summed E-state index contributed by atoms with van der Waals surface area (Å²) in [5.41, 5.74) is 3.67. The standard InChI is InChI=1S/C22H31N3O2/c1-4-6-9-17(5-2)14-27-15-18-12-16(3)13-21(22(18)26)25-23-19-10-7-8-11-20(19)24-25/h7-8,10-13,17,21-22,26H,4-6,9,14-15H2,1-3H3. The number of fused-ring (bicyclic) bond motifs is 1. The van der Waals surface area contributed by atoms with Crippen LogP contribution in [-0.4, -0.2) is 39.4 Å². The molecular formula is C22H31N3O2. The summed E-state index contributed by atoms with van der Waals surface area (Å²) in [5.74, 6) is 0.594. The lowest BCUT2D eigenvalue weighted by atomic mass is 9.94. The second-order valence-corrected chi connectivity index (χ2v) is 7.51. The number of benzene rings is 1. The number of allylic oxidation sites excluding steroid dienone is 2. The van der Waals surface area contributed by atoms with Gasteiger partial charge in [0.1, 0.15) is 23.2 Å². The lowest BCUT2D eigenvalue weighted by molar-refractivity contribution is 0.0821. The zero-order valence-corrected chi connectivity index (χ0v) is 16.6. The van der Waals surface area contributed by atoms with Crippen LogP contribution in [0.2, 0.25) is 0 Å². The predicted molar refractivity (Wildman–Crippen MR) is 109 cm³/mol. The average molecular weight is 370 g/mol. The highest BCUT2D eigenvalue weighted by Gasteiger charge is 2.28. The summed E-state index contributed by atoms with van der Waals surface area (Å²) in [6.07, 6.45) is 8.17. The molecule has 0 bridgehead atoms. The van der Waals surface area contributed by atoms with Crippen molar-refractivity contribution in [3.8, 4) is 0 Å². The molecule has 1 heterocycles. The molecule has 5 heteroatoms. The first kappa shape index (κ1) is 19.8. The number of rotatable bonds is 9. The van der Waals surface area contributed by atoms with E-state index in [0.717, 1.165) is 35.2 Å². The molecule has 5 nitrogen and oxygen atoms in total. The van der Waals surface area contributed by atoms with Gasteiger partial charge in [-0.15, -0.1) is 0 Å². The van der Waals surface area contributed by atoms with Crippen LogP contribution in [0.5, 0.6) is 0 Å². The van der Waals surface area contributed by atoms with Crippen LogP contribution in [-0.2, 0) is 4.74 Å². The summed E-state index contributed by atoms with van der Waals surface area (Å²) in [4.78, 5) is 1.63. The maximum atomic E-state index is 10.9. The largest absolute Gasteiger partial charge is 0.386 e. The zero-order chi connectivity index (χ0) is 19.2. The van der Waals surface area contributed by atoms with Crippen molar-refractivity contribution in [2.75, 3.05) is 13.2 Å². The molecule has 1 aliphatic rings. The molecule has 0 amide bonds. The molecule has 0 saturated carbocycles. The van der Waals surface area contributed by atoms with Gasteiger partial charge in [-0.25, -0.2) is 0 Å². The Balaban J connectivity index is 1.66. The maximum Gasteiger partial charge on any atom is 0.120 e. The number of unbranched alkanes of at least 4 members (excludes halogenated alkanes) is 1.